The van der Waals surface area contributed by atoms with Crippen molar-refractivity contribution in [3.05, 3.63) is 54.1 Å². The van der Waals surface area contributed by atoms with Gasteiger partial charge < -0.3 is 14.8 Å². The van der Waals surface area contributed by atoms with Crippen molar-refractivity contribution >= 4 is 15.9 Å². The molecule has 0 aliphatic carbocycles. The number of rotatable bonds is 9. The molecule has 1 N–H and O–H groups in total. The second-order valence-corrected chi connectivity index (χ2v) is 9.58. The molecule has 2 aromatic carbocycles. The van der Waals surface area contributed by atoms with Crippen molar-refractivity contribution in [3.8, 4) is 11.5 Å². The molecule has 7 nitrogen and oxygen atoms in total. The Bertz CT molecular complexity index is 976. The molecule has 1 unspecified atom stereocenters. The highest BCUT2D eigenvalue weighted by Crippen LogP contribution is 2.27. The number of amides is 1. The zero-order valence-electron chi connectivity index (χ0n) is 18.0. The van der Waals surface area contributed by atoms with E-state index in [2.05, 4.69) is 5.32 Å². The predicted octanol–water partition coefficient (Wildman–Crippen LogP) is 3.13. The number of methoxy groups -OCH3 is 1. The number of sulfonamides is 1. The summed E-state index contributed by atoms with van der Waals surface area (Å²) in [6.45, 7) is 2.72. The number of piperidine rings is 1. The minimum absolute atomic E-state index is 0.108. The quantitative estimate of drug-likeness (QED) is 0.640. The highest BCUT2D eigenvalue weighted by Gasteiger charge is 2.33. The molecule has 0 saturated carbocycles. The molecular formula is C23H30N2O5S. The number of carbonyl (C=O) groups excluding carboxylic acids is 1. The lowest BCUT2D eigenvalue weighted by Gasteiger charge is -2.34. The van der Waals surface area contributed by atoms with Crippen LogP contribution >= 0.6 is 0 Å². The molecule has 0 aromatic heterocycles. The highest BCUT2D eigenvalue weighted by atomic mass is 32.2. The molecule has 168 valence electrons. The van der Waals surface area contributed by atoms with E-state index in [0.717, 1.165) is 24.8 Å². The number of nitrogens with zero attached hydrogens (tertiary/aromatic N) is 1. The van der Waals surface area contributed by atoms with E-state index in [1.165, 1.54) is 0 Å². The van der Waals surface area contributed by atoms with E-state index in [1.54, 1.807) is 47.8 Å². The Morgan fingerprint density at radius 1 is 1.13 bits per heavy atom. The van der Waals surface area contributed by atoms with Crippen LogP contribution in [0.25, 0.3) is 0 Å². The minimum Gasteiger partial charge on any atom is -0.497 e. The van der Waals surface area contributed by atoms with Gasteiger partial charge in [-0.15, -0.1) is 0 Å². The number of ether oxygens (including phenoxy) is 2. The standard InChI is InChI=1S/C23H30N2O5S/c1-18-9-11-22(12-10-18)31(27,28)25-15-4-3-6-19(25)13-14-24-23(26)17-30-21-8-5-7-20(16-21)29-2/h5,7-12,16,19H,3-4,6,13-15,17H2,1-2H3,(H,24,26). The predicted molar refractivity (Wildman–Crippen MR) is 119 cm³/mol. The van der Waals surface area contributed by atoms with Crippen LogP contribution in [0.5, 0.6) is 11.5 Å². The van der Waals surface area contributed by atoms with E-state index in [-0.39, 0.29) is 18.6 Å². The molecule has 1 amide bonds. The maximum atomic E-state index is 13.1. The van der Waals surface area contributed by atoms with Crippen molar-refractivity contribution in [1.29, 1.82) is 0 Å². The number of aryl methyl sites for hydroxylation is 1. The maximum absolute atomic E-state index is 13.1. The molecule has 1 aliphatic heterocycles. The Morgan fingerprint density at radius 2 is 1.87 bits per heavy atom. The van der Waals surface area contributed by atoms with Gasteiger partial charge in [-0.3, -0.25) is 4.79 Å². The van der Waals surface area contributed by atoms with E-state index in [0.29, 0.717) is 35.9 Å². The fourth-order valence-corrected chi connectivity index (χ4v) is 5.42. The fourth-order valence-electron chi connectivity index (χ4n) is 3.69. The van der Waals surface area contributed by atoms with Gasteiger partial charge in [-0.1, -0.05) is 30.2 Å². The van der Waals surface area contributed by atoms with Crippen LogP contribution in [0.3, 0.4) is 0 Å². The van der Waals surface area contributed by atoms with Crippen LogP contribution in [0, 0.1) is 6.92 Å². The molecule has 0 spiro atoms. The van der Waals surface area contributed by atoms with Crippen LogP contribution in [-0.2, 0) is 14.8 Å². The zero-order chi connectivity index (χ0) is 22.3. The normalized spacial score (nSPS) is 17.2. The Labute approximate surface area is 184 Å². The Hall–Kier alpha value is -2.58. The summed E-state index contributed by atoms with van der Waals surface area (Å²) in [5.74, 6) is 0.966. The molecule has 3 rings (SSSR count). The minimum atomic E-state index is -3.55. The lowest BCUT2D eigenvalue weighted by Crippen LogP contribution is -2.45. The lowest BCUT2D eigenvalue weighted by molar-refractivity contribution is -0.123. The number of benzene rings is 2. The summed E-state index contributed by atoms with van der Waals surface area (Å²) in [7, 11) is -1.98. The van der Waals surface area contributed by atoms with E-state index in [9.17, 15) is 13.2 Å². The van der Waals surface area contributed by atoms with Gasteiger partial charge >= 0.3 is 0 Å². The van der Waals surface area contributed by atoms with Crippen LogP contribution < -0.4 is 14.8 Å². The fraction of sp³-hybridized carbons (Fsp3) is 0.435. The van der Waals surface area contributed by atoms with Gasteiger partial charge in [0.1, 0.15) is 11.5 Å². The first-order chi connectivity index (χ1) is 14.9. The third-order valence-corrected chi connectivity index (χ3v) is 7.38. The van der Waals surface area contributed by atoms with Gasteiger partial charge in [0.15, 0.2) is 6.61 Å². The second kappa shape index (κ2) is 10.6. The van der Waals surface area contributed by atoms with Gasteiger partial charge in [0.25, 0.3) is 5.91 Å². The molecule has 1 saturated heterocycles. The van der Waals surface area contributed by atoms with Crippen molar-refractivity contribution in [2.75, 3.05) is 26.8 Å². The second-order valence-electron chi connectivity index (χ2n) is 7.68. The Kier molecular flexibility index (Phi) is 7.92. The molecule has 1 aliphatic rings. The van der Waals surface area contributed by atoms with Crippen LogP contribution in [0.15, 0.2) is 53.4 Å². The average molecular weight is 447 g/mol. The van der Waals surface area contributed by atoms with Crippen molar-refractivity contribution in [3.63, 3.8) is 0 Å². The van der Waals surface area contributed by atoms with Crippen LogP contribution in [-0.4, -0.2) is 51.5 Å². The lowest BCUT2D eigenvalue weighted by atomic mass is 10.0. The summed E-state index contributed by atoms with van der Waals surface area (Å²) in [5, 5.41) is 2.83. The molecule has 31 heavy (non-hydrogen) atoms. The van der Waals surface area contributed by atoms with Gasteiger partial charge in [0, 0.05) is 25.2 Å². The summed E-state index contributed by atoms with van der Waals surface area (Å²) >= 11 is 0. The molecule has 0 bridgehead atoms. The van der Waals surface area contributed by atoms with E-state index < -0.39 is 10.0 Å². The van der Waals surface area contributed by atoms with Crippen molar-refractivity contribution < 1.29 is 22.7 Å². The number of hydrogen-bond donors (Lipinski definition) is 1. The van der Waals surface area contributed by atoms with Crippen LogP contribution in [0.1, 0.15) is 31.2 Å². The molecule has 1 fully saturated rings. The number of hydrogen-bond acceptors (Lipinski definition) is 5. The van der Waals surface area contributed by atoms with Crippen LogP contribution in [0.4, 0.5) is 0 Å². The number of carbonyl (C=O) groups is 1. The summed E-state index contributed by atoms with van der Waals surface area (Å²) < 4.78 is 38.5. The van der Waals surface area contributed by atoms with Crippen LogP contribution in [0.2, 0.25) is 0 Å². The van der Waals surface area contributed by atoms with E-state index in [4.69, 9.17) is 9.47 Å². The first kappa shape index (κ1) is 23.1. The average Bonchev–Trinajstić information content (AvgIpc) is 2.78. The Morgan fingerprint density at radius 3 is 2.61 bits per heavy atom. The monoisotopic (exact) mass is 446 g/mol. The first-order valence-corrected chi connectivity index (χ1v) is 12.0. The van der Waals surface area contributed by atoms with Gasteiger partial charge in [0.2, 0.25) is 10.0 Å². The van der Waals surface area contributed by atoms with Crippen molar-refractivity contribution in [2.24, 2.45) is 0 Å². The third-order valence-electron chi connectivity index (χ3n) is 5.41. The smallest absolute Gasteiger partial charge is 0.257 e. The summed E-state index contributed by atoms with van der Waals surface area (Å²) in [6, 6.07) is 13.9. The van der Waals surface area contributed by atoms with Gasteiger partial charge in [0.05, 0.1) is 12.0 Å². The zero-order valence-corrected chi connectivity index (χ0v) is 18.9. The highest BCUT2D eigenvalue weighted by molar-refractivity contribution is 7.89. The summed E-state index contributed by atoms with van der Waals surface area (Å²) in [5.41, 5.74) is 1.02. The Balaban J connectivity index is 1.52. The van der Waals surface area contributed by atoms with Gasteiger partial charge in [-0.05, 0) is 50.5 Å². The molecule has 0 radical (unpaired) electrons. The first-order valence-electron chi connectivity index (χ1n) is 10.5. The molecule has 1 atom stereocenters. The summed E-state index contributed by atoms with van der Waals surface area (Å²) in [4.78, 5) is 12.5. The van der Waals surface area contributed by atoms with E-state index in [1.807, 2.05) is 19.1 Å². The molecular weight excluding hydrogens is 416 g/mol. The van der Waals surface area contributed by atoms with Gasteiger partial charge in [-0.2, -0.15) is 4.31 Å². The van der Waals surface area contributed by atoms with Crippen molar-refractivity contribution in [2.45, 2.75) is 43.5 Å². The molecule has 2 aromatic rings. The summed E-state index contributed by atoms with van der Waals surface area (Å²) in [6.07, 6.45) is 3.19. The third kappa shape index (κ3) is 6.21. The van der Waals surface area contributed by atoms with Crippen molar-refractivity contribution in [1.82, 2.24) is 9.62 Å². The largest absolute Gasteiger partial charge is 0.497 e. The SMILES string of the molecule is COc1cccc(OCC(=O)NCCC2CCCCN2S(=O)(=O)c2ccc(C)cc2)c1. The molecule has 8 heteroatoms. The van der Waals surface area contributed by atoms with Gasteiger partial charge in [-0.25, -0.2) is 8.42 Å². The topological polar surface area (TPSA) is 84.9 Å². The molecule has 1 heterocycles. The van der Waals surface area contributed by atoms with E-state index >= 15 is 0 Å². The number of nitrogens with one attached hydrogen (secondary N) is 1. The maximum Gasteiger partial charge on any atom is 0.257 e.